The Balaban J connectivity index is 1.83. The second-order valence-corrected chi connectivity index (χ2v) is 6.38. The summed E-state index contributed by atoms with van der Waals surface area (Å²) in [5, 5.41) is 11.4. The van der Waals surface area contributed by atoms with Crippen LogP contribution in [0, 0.1) is 0 Å². The van der Waals surface area contributed by atoms with E-state index in [-0.39, 0.29) is 6.61 Å². The van der Waals surface area contributed by atoms with Gasteiger partial charge >= 0.3 is 0 Å². The van der Waals surface area contributed by atoms with E-state index in [0.717, 1.165) is 53.5 Å². The number of benzene rings is 1. The van der Waals surface area contributed by atoms with Crippen molar-refractivity contribution in [3.05, 3.63) is 41.3 Å². The van der Waals surface area contributed by atoms with Crippen LogP contribution in [0.1, 0.15) is 5.56 Å². The molecule has 6 heteroatoms. The minimum absolute atomic E-state index is 0.0187. The van der Waals surface area contributed by atoms with Gasteiger partial charge in [0.2, 0.25) is 0 Å². The Morgan fingerprint density at radius 2 is 2.04 bits per heavy atom. The molecule has 1 aliphatic heterocycles. The first-order chi connectivity index (χ1) is 11.3. The van der Waals surface area contributed by atoms with Crippen molar-refractivity contribution in [1.29, 1.82) is 0 Å². The molecule has 1 aromatic carbocycles. The first-order valence-electron chi connectivity index (χ1n) is 7.63. The van der Waals surface area contributed by atoms with E-state index in [4.69, 9.17) is 14.7 Å². The van der Waals surface area contributed by atoms with Gasteiger partial charge < -0.3 is 14.7 Å². The van der Waals surface area contributed by atoms with E-state index in [0.29, 0.717) is 5.82 Å². The van der Waals surface area contributed by atoms with Crippen LogP contribution in [0.25, 0.3) is 21.6 Å². The van der Waals surface area contributed by atoms with E-state index >= 15 is 0 Å². The predicted octanol–water partition coefficient (Wildman–Crippen LogP) is 2.69. The Morgan fingerprint density at radius 1 is 1.17 bits per heavy atom. The Labute approximate surface area is 138 Å². The van der Waals surface area contributed by atoms with Crippen molar-refractivity contribution in [2.75, 3.05) is 31.2 Å². The molecule has 0 bridgehead atoms. The largest absolute Gasteiger partial charge is 0.392 e. The fraction of sp³-hybridized carbons (Fsp3) is 0.294. The number of aliphatic hydroxyl groups is 1. The van der Waals surface area contributed by atoms with Crippen molar-refractivity contribution >= 4 is 27.4 Å². The van der Waals surface area contributed by atoms with Gasteiger partial charge in [0.25, 0.3) is 0 Å². The summed E-state index contributed by atoms with van der Waals surface area (Å²) in [6, 6.07) is 9.78. The number of nitrogens with zero attached hydrogens (tertiary/aromatic N) is 3. The molecule has 0 amide bonds. The van der Waals surface area contributed by atoms with Gasteiger partial charge in [-0.2, -0.15) is 0 Å². The van der Waals surface area contributed by atoms with Gasteiger partial charge in [-0.1, -0.05) is 18.2 Å². The van der Waals surface area contributed by atoms with Crippen molar-refractivity contribution in [3.63, 3.8) is 0 Å². The Morgan fingerprint density at radius 3 is 2.87 bits per heavy atom. The predicted molar refractivity (Wildman–Crippen MR) is 91.8 cm³/mol. The maximum absolute atomic E-state index is 9.34. The molecule has 23 heavy (non-hydrogen) atoms. The van der Waals surface area contributed by atoms with Crippen LogP contribution in [-0.4, -0.2) is 41.4 Å². The number of hydrogen-bond acceptors (Lipinski definition) is 6. The van der Waals surface area contributed by atoms with Crippen LogP contribution in [0.4, 0.5) is 5.82 Å². The molecule has 0 radical (unpaired) electrons. The fourth-order valence-corrected chi connectivity index (χ4v) is 3.62. The molecule has 118 valence electrons. The number of aromatic nitrogens is 2. The molecule has 4 rings (SSSR count). The molecule has 0 unspecified atom stereocenters. The molecule has 0 atom stereocenters. The number of aliphatic hydroxyl groups excluding tert-OH is 1. The van der Waals surface area contributed by atoms with Gasteiger partial charge in [-0.25, -0.2) is 9.97 Å². The maximum Gasteiger partial charge on any atom is 0.162 e. The van der Waals surface area contributed by atoms with Gasteiger partial charge in [0.1, 0.15) is 0 Å². The highest BCUT2D eigenvalue weighted by molar-refractivity contribution is 7.17. The van der Waals surface area contributed by atoms with Gasteiger partial charge in [-0.3, -0.25) is 0 Å². The van der Waals surface area contributed by atoms with E-state index in [1.165, 1.54) is 0 Å². The first kappa shape index (κ1) is 14.6. The zero-order valence-corrected chi connectivity index (χ0v) is 13.4. The Bertz CT molecular complexity index is 828. The Kier molecular flexibility index (Phi) is 3.95. The highest BCUT2D eigenvalue weighted by Gasteiger charge is 2.18. The highest BCUT2D eigenvalue weighted by atomic mass is 32.1. The lowest BCUT2D eigenvalue weighted by Crippen LogP contribution is -2.36. The summed E-state index contributed by atoms with van der Waals surface area (Å²) in [5.74, 6) is 1.69. The van der Waals surface area contributed by atoms with E-state index < -0.39 is 0 Å². The van der Waals surface area contributed by atoms with Crippen molar-refractivity contribution in [2.24, 2.45) is 0 Å². The van der Waals surface area contributed by atoms with Crippen molar-refractivity contribution in [1.82, 2.24) is 9.97 Å². The van der Waals surface area contributed by atoms with E-state index in [9.17, 15) is 5.11 Å². The Hall–Kier alpha value is -2.02. The average molecular weight is 327 g/mol. The fourth-order valence-electron chi connectivity index (χ4n) is 2.78. The molecule has 5 nitrogen and oxygen atoms in total. The molecule has 3 aromatic rings. The summed E-state index contributed by atoms with van der Waals surface area (Å²) >= 11 is 1.67. The lowest BCUT2D eigenvalue weighted by molar-refractivity contribution is 0.122. The molecule has 1 aliphatic rings. The molecule has 1 fully saturated rings. The van der Waals surface area contributed by atoms with Crippen LogP contribution in [-0.2, 0) is 11.3 Å². The lowest BCUT2D eigenvalue weighted by atomic mass is 10.1. The van der Waals surface area contributed by atoms with Crippen LogP contribution in [0.5, 0.6) is 0 Å². The van der Waals surface area contributed by atoms with Crippen LogP contribution < -0.4 is 4.90 Å². The third-order valence-corrected chi connectivity index (χ3v) is 4.86. The molecule has 0 spiro atoms. The molecule has 0 aliphatic carbocycles. The van der Waals surface area contributed by atoms with Crippen LogP contribution in [0.2, 0.25) is 0 Å². The van der Waals surface area contributed by atoms with Gasteiger partial charge in [-0.05, 0) is 23.1 Å². The number of rotatable bonds is 3. The number of fused-ring (bicyclic) bond motifs is 1. The lowest BCUT2D eigenvalue weighted by Gasteiger charge is -2.28. The number of ether oxygens (including phenoxy) is 1. The quantitative estimate of drug-likeness (QED) is 0.801. The summed E-state index contributed by atoms with van der Waals surface area (Å²) in [4.78, 5) is 11.8. The molecule has 1 N–H and O–H groups in total. The summed E-state index contributed by atoms with van der Waals surface area (Å²) in [7, 11) is 0. The minimum Gasteiger partial charge on any atom is -0.392 e. The third-order valence-electron chi connectivity index (χ3n) is 3.96. The van der Waals surface area contributed by atoms with Gasteiger partial charge in [0.05, 0.1) is 30.0 Å². The normalized spacial score (nSPS) is 15.3. The van der Waals surface area contributed by atoms with Crippen LogP contribution >= 0.6 is 11.3 Å². The summed E-state index contributed by atoms with van der Waals surface area (Å²) in [6.45, 7) is 3.17. The number of hydrogen-bond donors (Lipinski definition) is 1. The molecule has 0 saturated carbocycles. The van der Waals surface area contributed by atoms with Gasteiger partial charge in [0, 0.05) is 18.7 Å². The summed E-state index contributed by atoms with van der Waals surface area (Å²) in [5.41, 5.74) is 2.76. The minimum atomic E-state index is 0.0187. The molecular weight excluding hydrogens is 310 g/mol. The summed E-state index contributed by atoms with van der Waals surface area (Å²) < 4.78 is 6.57. The molecule has 2 aromatic heterocycles. The summed E-state index contributed by atoms with van der Waals surface area (Å²) in [6.07, 6.45) is 0. The average Bonchev–Trinajstić information content (AvgIpc) is 3.10. The van der Waals surface area contributed by atoms with Gasteiger partial charge in [0.15, 0.2) is 11.6 Å². The molecule has 1 saturated heterocycles. The maximum atomic E-state index is 9.34. The highest BCUT2D eigenvalue weighted by Crippen LogP contribution is 2.32. The number of morpholine rings is 1. The SMILES string of the molecule is OCc1cccc(-c2nc(N3CCOCC3)c3sccc3n2)c1. The zero-order chi connectivity index (χ0) is 15.6. The number of anilines is 1. The number of thiophene rings is 1. The smallest absolute Gasteiger partial charge is 0.162 e. The molecule has 3 heterocycles. The molecular formula is C17H17N3O2S. The van der Waals surface area contributed by atoms with Crippen LogP contribution in [0.3, 0.4) is 0 Å². The standard InChI is InChI=1S/C17H17N3O2S/c21-11-12-2-1-3-13(10-12)16-18-14-4-9-23-15(14)17(19-16)20-5-7-22-8-6-20/h1-4,9-10,21H,5-8,11H2. The van der Waals surface area contributed by atoms with Gasteiger partial charge in [-0.15, -0.1) is 11.3 Å². The van der Waals surface area contributed by atoms with Crippen molar-refractivity contribution in [3.8, 4) is 11.4 Å². The first-order valence-corrected chi connectivity index (χ1v) is 8.51. The third kappa shape index (κ3) is 2.81. The topological polar surface area (TPSA) is 58.5 Å². The monoisotopic (exact) mass is 327 g/mol. The van der Waals surface area contributed by atoms with Crippen molar-refractivity contribution < 1.29 is 9.84 Å². The second kappa shape index (κ2) is 6.23. The van der Waals surface area contributed by atoms with E-state index in [1.54, 1.807) is 11.3 Å². The van der Waals surface area contributed by atoms with Crippen LogP contribution in [0.15, 0.2) is 35.7 Å². The second-order valence-electron chi connectivity index (χ2n) is 5.46. The van der Waals surface area contributed by atoms with Crippen molar-refractivity contribution in [2.45, 2.75) is 6.61 Å². The van der Waals surface area contributed by atoms with E-state index in [1.807, 2.05) is 30.3 Å². The zero-order valence-electron chi connectivity index (χ0n) is 12.6. The van der Waals surface area contributed by atoms with E-state index in [2.05, 4.69) is 10.3 Å².